The second-order valence-corrected chi connectivity index (χ2v) is 1.77. The molecular weight excluding hydrogens is 136 g/mol. The summed E-state index contributed by atoms with van der Waals surface area (Å²) in [6.45, 7) is 0. The number of nitrogens with one attached hydrogen (secondary N) is 1. The maximum Gasteiger partial charge on any atom is 0.228 e. The van der Waals surface area contributed by atoms with E-state index in [0.29, 0.717) is 0 Å². The molecule has 0 aromatic carbocycles. The molecule has 0 aliphatic rings. The summed E-state index contributed by atoms with van der Waals surface area (Å²) in [5, 5.41) is 26.3. The highest BCUT2D eigenvalue weighted by Gasteiger charge is 2.01. The van der Waals surface area contributed by atoms with Crippen LogP contribution in [0.2, 0.25) is 0 Å². The molecule has 0 saturated heterocycles. The topological polar surface area (TPSA) is 71.8 Å². The molecule has 1 aromatic heterocycles. The number of hydrogen-bond donors (Lipinski definition) is 3. The molecule has 0 spiro atoms. The molecule has 1 rings (SSSR count). The predicted molar refractivity (Wildman–Crippen MR) is 29.6 cm³/mol. The molecule has 1 atom stereocenters. The molecule has 5 heteroatoms. The number of quaternary nitrogens is 1. The molecule has 1 unspecified atom stereocenters. The van der Waals surface area contributed by atoms with Gasteiger partial charge in [-0.2, -0.15) is 5.23 Å². The first-order valence-electron chi connectivity index (χ1n) is 2.64. The van der Waals surface area contributed by atoms with Gasteiger partial charge < -0.3 is 5.21 Å². The molecule has 1 heterocycles. The van der Waals surface area contributed by atoms with Crippen LogP contribution in [0.25, 0.3) is 0 Å². The van der Waals surface area contributed by atoms with E-state index >= 15 is 0 Å². The first-order chi connectivity index (χ1) is 4.70. The molecule has 0 amide bonds. The minimum Gasteiger partial charge on any atom is -0.595 e. The largest absolute Gasteiger partial charge is 0.595 e. The zero-order valence-electron chi connectivity index (χ0n) is 5.06. The van der Waals surface area contributed by atoms with Crippen molar-refractivity contribution in [1.29, 1.82) is 0 Å². The second kappa shape index (κ2) is 2.61. The summed E-state index contributed by atoms with van der Waals surface area (Å²) >= 11 is 0. The third-order valence-corrected chi connectivity index (χ3v) is 1.06. The maximum absolute atomic E-state index is 10.2. The van der Waals surface area contributed by atoms with Gasteiger partial charge in [0.15, 0.2) is 5.69 Å². The van der Waals surface area contributed by atoms with E-state index in [-0.39, 0.29) is 5.69 Å². The highest BCUT2D eigenvalue weighted by atomic mass is 16.8. The fourth-order valence-electron chi connectivity index (χ4n) is 0.561. The zero-order chi connectivity index (χ0) is 7.56. The summed E-state index contributed by atoms with van der Waals surface area (Å²) in [5.41, 5.74) is 0.158. The molecule has 0 fully saturated rings. The molecule has 0 aliphatic carbocycles. The van der Waals surface area contributed by atoms with Gasteiger partial charge in [0.25, 0.3) is 0 Å². The molecule has 5 nitrogen and oxygen atoms in total. The van der Waals surface area contributed by atoms with E-state index < -0.39 is 5.23 Å². The van der Waals surface area contributed by atoms with E-state index in [9.17, 15) is 5.21 Å². The van der Waals surface area contributed by atoms with E-state index in [1.165, 1.54) is 24.5 Å². The van der Waals surface area contributed by atoms with Gasteiger partial charge in [-0.1, -0.05) is 0 Å². The lowest BCUT2D eigenvalue weighted by atomic mass is 10.4. The summed E-state index contributed by atoms with van der Waals surface area (Å²) in [4.78, 5) is 0. The van der Waals surface area contributed by atoms with Crippen molar-refractivity contribution in [1.82, 2.24) is 0 Å². The maximum atomic E-state index is 10.2. The Labute approximate surface area is 56.9 Å². The van der Waals surface area contributed by atoms with E-state index in [2.05, 4.69) is 0 Å². The monoisotopic (exact) mass is 143 g/mol. The average molecular weight is 143 g/mol. The Kier molecular flexibility index (Phi) is 1.81. The molecule has 0 saturated carbocycles. The Hall–Kier alpha value is -1.17. The van der Waals surface area contributed by atoms with Gasteiger partial charge in [-0.15, -0.1) is 0 Å². The van der Waals surface area contributed by atoms with Crippen LogP contribution in [0.15, 0.2) is 24.5 Å². The van der Waals surface area contributed by atoms with Crippen LogP contribution in [0.5, 0.6) is 0 Å². The van der Waals surface area contributed by atoms with Crippen LogP contribution in [0.4, 0.5) is 5.69 Å². The number of rotatable bonds is 1. The van der Waals surface area contributed by atoms with Crippen LogP contribution >= 0.6 is 0 Å². The van der Waals surface area contributed by atoms with Crippen LogP contribution in [0.1, 0.15) is 0 Å². The SMILES string of the molecule is [O-][NH+](O)c1cc[n+](O)cc1. The van der Waals surface area contributed by atoms with Gasteiger partial charge in [0.1, 0.15) is 0 Å². The van der Waals surface area contributed by atoms with Crippen molar-refractivity contribution in [2.75, 3.05) is 0 Å². The van der Waals surface area contributed by atoms with Gasteiger partial charge in [0.05, 0.1) is 12.1 Å². The summed E-state index contributed by atoms with van der Waals surface area (Å²) in [7, 11) is 0. The Morgan fingerprint density at radius 2 is 1.90 bits per heavy atom. The normalized spacial score (nSPS) is 13.0. The third kappa shape index (κ3) is 1.41. The van der Waals surface area contributed by atoms with Crippen molar-refractivity contribution in [3.05, 3.63) is 29.7 Å². The molecule has 0 bridgehead atoms. The molecule has 1 aromatic rings. The predicted octanol–water partition coefficient (Wildman–Crippen LogP) is -1.39. The molecule has 10 heavy (non-hydrogen) atoms. The molecular formula is C5H7N2O3+. The summed E-state index contributed by atoms with van der Waals surface area (Å²) < 4.78 is 0.784. The summed E-state index contributed by atoms with van der Waals surface area (Å²) in [6, 6.07) is 2.62. The van der Waals surface area contributed by atoms with E-state index in [4.69, 9.17) is 10.4 Å². The zero-order valence-corrected chi connectivity index (χ0v) is 5.06. The van der Waals surface area contributed by atoms with Crippen molar-refractivity contribution in [2.45, 2.75) is 0 Å². The molecule has 0 radical (unpaired) electrons. The Morgan fingerprint density at radius 1 is 1.40 bits per heavy atom. The first kappa shape index (κ1) is 6.94. The highest BCUT2D eigenvalue weighted by Crippen LogP contribution is 1.91. The van der Waals surface area contributed by atoms with Crippen molar-refractivity contribution in [2.24, 2.45) is 0 Å². The van der Waals surface area contributed by atoms with Crippen LogP contribution in [-0.2, 0) is 0 Å². The first-order valence-corrected chi connectivity index (χ1v) is 2.64. The van der Waals surface area contributed by atoms with Crippen molar-refractivity contribution in [3.63, 3.8) is 0 Å². The quantitative estimate of drug-likeness (QED) is 0.257. The summed E-state index contributed by atoms with van der Waals surface area (Å²) in [5.74, 6) is 0. The lowest BCUT2D eigenvalue weighted by Gasteiger charge is -2.08. The van der Waals surface area contributed by atoms with E-state index in [0.717, 1.165) is 4.73 Å². The smallest absolute Gasteiger partial charge is 0.228 e. The number of aromatic nitrogens is 1. The van der Waals surface area contributed by atoms with Crippen LogP contribution in [0.3, 0.4) is 0 Å². The second-order valence-electron chi connectivity index (χ2n) is 1.77. The van der Waals surface area contributed by atoms with Gasteiger partial charge in [0, 0.05) is 4.73 Å². The molecule has 3 N–H and O–H groups in total. The average Bonchev–Trinajstić information content (AvgIpc) is 1.88. The van der Waals surface area contributed by atoms with Crippen LogP contribution in [-0.4, -0.2) is 10.4 Å². The molecule has 54 valence electrons. The lowest BCUT2D eigenvalue weighted by molar-refractivity contribution is -0.992. The van der Waals surface area contributed by atoms with Gasteiger partial charge in [-0.25, -0.2) is 5.21 Å². The van der Waals surface area contributed by atoms with Crippen molar-refractivity contribution in [3.8, 4) is 0 Å². The Morgan fingerprint density at radius 3 is 2.30 bits per heavy atom. The fraction of sp³-hybridized carbons (Fsp3) is 0. The number of hydrogen-bond acceptors (Lipinski definition) is 3. The minimum atomic E-state index is -0.999. The van der Waals surface area contributed by atoms with Crippen LogP contribution in [0, 0.1) is 5.21 Å². The Balaban J connectivity index is 2.89. The van der Waals surface area contributed by atoms with Crippen LogP contribution < -0.4 is 9.96 Å². The van der Waals surface area contributed by atoms with E-state index in [1.54, 1.807) is 0 Å². The molecule has 0 aliphatic heterocycles. The van der Waals surface area contributed by atoms with Gasteiger partial charge in [-0.05, 0) is 0 Å². The van der Waals surface area contributed by atoms with Gasteiger partial charge in [0.2, 0.25) is 12.4 Å². The number of pyridine rings is 1. The standard InChI is InChI=1S/C5H7N2O3/c8-6-3-1-5(2-4-6)7(9)10/h1-4,7-9H/q+1. The number of nitrogens with zero attached hydrogens (tertiary/aromatic N) is 1. The lowest BCUT2D eigenvalue weighted by Crippen LogP contribution is -2.99. The van der Waals surface area contributed by atoms with Crippen molar-refractivity contribution < 1.29 is 20.4 Å². The highest BCUT2D eigenvalue weighted by molar-refractivity contribution is 5.22. The summed E-state index contributed by atoms with van der Waals surface area (Å²) in [6.07, 6.45) is 2.51. The van der Waals surface area contributed by atoms with Gasteiger partial charge >= 0.3 is 0 Å². The van der Waals surface area contributed by atoms with Gasteiger partial charge in [-0.3, -0.25) is 5.21 Å². The van der Waals surface area contributed by atoms with Crippen molar-refractivity contribution >= 4 is 5.69 Å². The third-order valence-electron chi connectivity index (χ3n) is 1.06. The Bertz CT molecular complexity index is 209. The minimum absolute atomic E-state index is 0.158. The van der Waals surface area contributed by atoms with E-state index in [1.807, 2.05) is 0 Å². The fourth-order valence-corrected chi connectivity index (χ4v) is 0.561.